The van der Waals surface area contributed by atoms with Crippen molar-refractivity contribution in [3.63, 3.8) is 0 Å². The van der Waals surface area contributed by atoms with Crippen LogP contribution in [0.4, 0.5) is 5.82 Å². The van der Waals surface area contributed by atoms with Crippen molar-refractivity contribution >= 4 is 29.4 Å². The molecule has 0 unspecified atom stereocenters. The van der Waals surface area contributed by atoms with Gasteiger partial charge in [0.1, 0.15) is 5.03 Å². The third kappa shape index (κ3) is 6.73. The summed E-state index contributed by atoms with van der Waals surface area (Å²) in [7, 11) is 0. The van der Waals surface area contributed by atoms with Crippen molar-refractivity contribution in [2.45, 2.75) is 18.4 Å². The number of thioether (sulfide) groups is 1. The van der Waals surface area contributed by atoms with Gasteiger partial charge in [0, 0.05) is 12.1 Å². The van der Waals surface area contributed by atoms with Crippen LogP contribution in [0, 0.1) is 6.92 Å². The average molecular weight is 407 g/mol. The first-order valence-corrected chi connectivity index (χ1v) is 10.2. The molecule has 6 nitrogen and oxygen atoms in total. The molecule has 0 saturated carbocycles. The summed E-state index contributed by atoms with van der Waals surface area (Å²) in [6.07, 6.45) is 0.798. The number of aryl methyl sites for hydroxylation is 1. The van der Waals surface area contributed by atoms with E-state index in [4.69, 9.17) is 0 Å². The van der Waals surface area contributed by atoms with Gasteiger partial charge in [0.05, 0.1) is 5.75 Å². The highest BCUT2D eigenvalue weighted by molar-refractivity contribution is 7.99. The number of benzene rings is 2. The van der Waals surface area contributed by atoms with Gasteiger partial charge >= 0.3 is 0 Å². The van der Waals surface area contributed by atoms with E-state index in [2.05, 4.69) is 20.8 Å². The van der Waals surface area contributed by atoms with Crippen LogP contribution in [0.2, 0.25) is 0 Å². The smallest absolute Gasteiger partial charge is 0.256 e. The van der Waals surface area contributed by atoms with Crippen molar-refractivity contribution in [1.29, 1.82) is 0 Å². The van der Waals surface area contributed by atoms with Gasteiger partial charge in [-0.1, -0.05) is 59.8 Å². The summed E-state index contributed by atoms with van der Waals surface area (Å²) in [6, 6.07) is 20.7. The van der Waals surface area contributed by atoms with Crippen LogP contribution in [0.5, 0.6) is 0 Å². The molecule has 148 valence electrons. The molecule has 3 rings (SSSR count). The van der Waals surface area contributed by atoms with Gasteiger partial charge in [-0.3, -0.25) is 9.59 Å². The number of nitrogens with one attached hydrogen (secondary N) is 2. The van der Waals surface area contributed by atoms with E-state index in [0.29, 0.717) is 23.0 Å². The zero-order chi connectivity index (χ0) is 20.5. The van der Waals surface area contributed by atoms with E-state index in [9.17, 15) is 9.59 Å². The first-order valence-electron chi connectivity index (χ1n) is 9.25. The lowest BCUT2D eigenvalue weighted by atomic mass is 10.1. The average Bonchev–Trinajstić information content (AvgIpc) is 2.74. The molecule has 2 amide bonds. The third-order valence-electron chi connectivity index (χ3n) is 4.13. The molecule has 1 heterocycles. The molecule has 7 heteroatoms. The number of anilines is 1. The first kappa shape index (κ1) is 20.5. The van der Waals surface area contributed by atoms with Gasteiger partial charge in [-0.05, 0) is 43.2 Å². The van der Waals surface area contributed by atoms with E-state index in [1.165, 1.54) is 17.3 Å². The Morgan fingerprint density at radius 3 is 2.38 bits per heavy atom. The molecule has 0 fully saturated rings. The maximum atomic E-state index is 12.2. The summed E-state index contributed by atoms with van der Waals surface area (Å²) in [5.41, 5.74) is 2.84. The zero-order valence-corrected chi connectivity index (χ0v) is 16.9. The number of hydrogen-bond acceptors (Lipinski definition) is 5. The van der Waals surface area contributed by atoms with Gasteiger partial charge in [0.2, 0.25) is 5.91 Å². The molecule has 0 bridgehead atoms. The van der Waals surface area contributed by atoms with Crippen LogP contribution < -0.4 is 10.6 Å². The van der Waals surface area contributed by atoms with Crippen molar-refractivity contribution in [2.24, 2.45) is 0 Å². The van der Waals surface area contributed by atoms with Gasteiger partial charge in [-0.2, -0.15) is 0 Å². The zero-order valence-electron chi connectivity index (χ0n) is 16.1. The van der Waals surface area contributed by atoms with Gasteiger partial charge in [0.15, 0.2) is 5.82 Å². The van der Waals surface area contributed by atoms with Crippen molar-refractivity contribution in [3.8, 4) is 0 Å². The van der Waals surface area contributed by atoms with E-state index >= 15 is 0 Å². The number of aromatic nitrogens is 2. The van der Waals surface area contributed by atoms with Gasteiger partial charge in [0.25, 0.3) is 5.91 Å². The van der Waals surface area contributed by atoms with Gasteiger partial charge in [-0.15, -0.1) is 10.2 Å². The largest absolute Gasteiger partial charge is 0.355 e. The van der Waals surface area contributed by atoms with Crippen molar-refractivity contribution in [3.05, 3.63) is 83.4 Å². The summed E-state index contributed by atoms with van der Waals surface area (Å²) >= 11 is 1.30. The molecule has 0 saturated heterocycles. The monoisotopic (exact) mass is 406 g/mol. The lowest BCUT2D eigenvalue weighted by Gasteiger charge is -2.06. The maximum Gasteiger partial charge on any atom is 0.256 e. The number of amides is 2. The Bertz CT molecular complexity index is 945. The lowest BCUT2D eigenvalue weighted by molar-refractivity contribution is -0.118. The Morgan fingerprint density at radius 2 is 1.69 bits per heavy atom. The Hall–Kier alpha value is -3.19. The minimum absolute atomic E-state index is 0.0514. The second kappa shape index (κ2) is 10.4. The van der Waals surface area contributed by atoms with Crippen molar-refractivity contribution < 1.29 is 9.59 Å². The highest BCUT2D eigenvalue weighted by Crippen LogP contribution is 2.15. The van der Waals surface area contributed by atoms with Crippen LogP contribution in [-0.4, -0.2) is 34.3 Å². The Morgan fingerprint density at radius 1 is 0.931 bits per heavy atom. The Labute approximate surface area is 174 Å². The van der Waals surface area contributed by atoms with E-state index in [-0.39, 0.29) is 17.6 Å². The van der Waals surface area contributed by atoms with E-state index in [1.54, 1.807) is 24.3 Å². The van der Waals surface area contributed by atoms with Crippen molar-refractivity contribution in [2.75, 3.05) is 17.6 Å². The normalized spacial score (nSPS) is 10.4. The second-order valence-corrected chi connectivity index (χ2v) is 7.45. The second-order valence-electron chi connectivity index (χ2n) is 6.45. The minimum atomic E-state index is -0.238. The summed E-state index contributed by atoms with van der Waals surface area (Å²) in [5.74, 6) is 0.340. The summed E-state index contributed by atoms with van der Waals surface area (Å²) in [6.45, 7) is 2.56. The molecule has 0 aliphatic rings. The van der Waals surface area contributed by atoms with Crippen LogP contribution in [0.15, 0.2) is 71.8 Å². The quantitative estimate of drug-likeness (QED) is 0.560. The number of carbonyl (C=O) groups excluding carboxylic acids is 2. The topological polar surface area (TPSA) is 84.0 Å². The third-order valence-corrected chi connectivity index (χ3v) is 5.05. The van der Waals surface area contributed by atoms with Crippen LogP contribution in [0.25, 0.3) is 0 Å². The summed E-state index contributed by atoms with van der Waals surface area (Å²) in [5, 5.41) is 14.3. The molecule has 2 aromatic carbocycles. The highest BCUT2D eigenvalue weighted by Gasteiger charge is 2.08. The highest BCUT2D eigenvalue weighted by atomic mass is 32.2. The van der Waals surface area contributed by atoms with E-state index in [1.807, 2.05) is 49.4 Å². The van der Waals surface area contributed by atoms with Crippen LogP contribution in [-0.2, 0) is 11.2 Å². The molecule has 29 heavy (non-hydrogen) atoms. The molecule has 2 N–H and O–H groups in total. The number of hydrogen-bond donors (Lipinski definition) is 2. The molecular weight excluding hydrogens is 384 g/mol. The van der Waals surface area contributed by atoms with Crippen molar-refractivity contribution in [1.82, 2.24) is 15.5 Å². The SMILES string of the molecule is Cc1ccc(C(=O)Nc2ccc(SCC(=O)NCCc3ccccc3)nn2)cc1. The summed E-state index contributed by atoms with van der Waals surface area (Å²) < 4.78 is 0. The minimum Gasteiger partial charge on any atom is -0.355 e. The van der Waals surface area contributed by atoms with Crippen LogP contribution in [0.3, 0.4) is 0 Å². The molecule has 0 atom stereocenters. The number of carbonyl (C=O) groups is 2. The van der Waals surface area contributed by atoms with Crippen LogP contribution in [0.1, 0.15) is 21.5 Å². The number of nitrogens with zero attached hydrogens (tertiary/aromatic N) is 2. The molecule has 0 radical (unpaired) electrons. The first-order chi connectivity index (χ1) is 14.1. The fourth-order valence-corrected chi connectivity index (χ4v) is 3.18. The molecular formula is C22H22N4O2S. The van der Waals surface area contributed by atoms with Gasteiger partial charge < -0.3 is 10.6 Å². The van der Waals surface area contributed by atoms with E-state index < -0.39 is 0 Å². The van der Waals surface area contributed by atoms with Crippen LogP contribution >= 0.6 is 11.8 Å². The Kier molecular flexibility index (Phi) is 7.35. The standard InChI is InChI=1S/C22H22N4O2S/c1-16-7-9-18(10-8-16)22(28)24-19-11-12-21(26-25-19)29-15-20(27)23-14-13-17-5-3-2-4-6-17/h2-12H,13-15H2,1H3,(H,23,27)(H,24,25,28). The van der Waals surface area contributed by atoms with Gasteiger partial charge in [-0.25, -0.2) is 0 Å². The maximum absolute atomic E-state index is 12.2. The molecule has 0 aliphatic carbocycles. The lowest BCUT2D eigenvalue weighted by Crippen LogP contribution is -2.27. The van der Waals surface area contributed by atoms with E-state index in [0.717, 1.165) is 12.0 Å². The fraction of sp³-hybridized carbons (Fsp3) is 0.182. The predicted molar refractivity (Wildman–Crippen MR) is 115 cm³/mol. The molecule has 3 aromatic rings. The summed E-state index contributed by atoms with van der Waals surface area (Å²) in [4.78, 5) is 24.2. The fourth-order valence-electron chi connectivity index (χ4n) is 2.54. The molecule has 0 spiro atoms. The number of rotatable bonds is 8. The molecule has 0 aliphatic heterocycles. The molecule has 1 aromatic heterocycles. The predicted octanol–water partition coefficient (Wildman–Crippen LogP) is 3.49. The Balaban J connectivity index is 1.41.